The molecule has 3 N–H and O–H groups in total. The third-order valence-electron chi connectivity index (χ3n) is 5.12. The number of carbonyl (C=O) groups excluding carboxylic acids is 4. The molecule has 0 unspecified atom stereocenters. The lowest BCUT2D eigenvalue weighted by atomic mass is 10.2. The van der Waals surface area contributed by atoms with Gasteiger partial charge < -0.3 is 29.3 Å². The van der Waals surface area contributed by atoms with Crippen molar-refractivity contribution in [3.63, 3.8) is 0 Å². The van der Waals surface area contributed by atoms with Crippen LogP contribution in [0.1, 0.15) is 55.8 Å². The number of aromatic amines is 2. The van der Waals surface area contributed by atoms with Gasteiger partial charge in [0.05, 0.1) is 20.1 Å². The summed E-state index contributed by atoms with van der Waals surface area (Å²) >= 11 is 4.97. The van der Waals surface area contributed by atoms with Gasteiger partial charge in [0.2, 0.25) is 5.24 Å². The van der Waals surface area contributed by atoms with Crippen LogP contribution in [0.3, 0.4) is 0 Å². The largest absolute Gasteiger partial charge is 0.505 e. The Morgan fingerprint density at radius 2 is 1.16 bits per heavy atom. The van der Waals surface area contributed by atoms with Gasteiger partial charge in [0.1, 0.15) is 11.0 Å². The average Bonchev–Trinajstić information content (AvgIpc) is 2.97. The molecule has 236 valence electrons. The molecule has 0 aliphatic carbocycles. The number of fused-ring (bicyclic) bond motifs is 2. The number of esters is 3. The van der Waals surface area contributed by atoms with Gasteiger partial charge in [-0.05, 0) is 11.6 Å². The van der Waals surface area contributed by atoms with Crippen molar-refractivity contribution in [2.24, 2.45) is 11.8 Å². The van der Waals surface area contributed by atoms with Crippen LogP contribution in [0.25, 0.3) is 22.3 Å². The summed E-state index contributed by atoms with van der Waals surface area (Å²) in [7, 11) is 2.23. The second-order valence-corrected chi connectivity index (χ2v) is 9.23. The first-order valence-corrected chi connectivity index (χ1v) is 12.6. The van der Waals surface area contributed by atoms with Crippen LogP contribution in [0.2, 0.25) is 0 Å². The average molecular weight is 635 g/mol. The van der Waals surface area contributed by atoms with Crippen LogP contribution in [-0.4, -0.2) is 72.4 Å². The minimum absolute atomic E-state index is 0. The minimum Gasteiger partial charge on any atom is -0.505 e. The van der Waals surface area contributed by atoms with Crippen LogP contribution in [0.5, 0.6) is 11.5 Å². The summed E-state index contributed by atoms with van der Waals surface area (Å²) < 4.78 is 14.1. The van der Waals surface area contributed by atoms with Gasteiger partial charge in [0.25, 0.3) is 11.1 Å². The van der Waals surface area contributed by atoms with Gasteiger partial charge in [0, 0.05) is 30.7 Å². The number of H-pyrrole nitrogens is 2. The van der Waals surface area contributed by atoms with Crippen molar-refractivity contribution in [1.82, 2.24) is 29.9 Å². The summed E-state index contributed by atoms with van der Waals surface area (Å²) in [6.07, 6.45) is 5.41. The van der Waals surface area contributed by atoms with Crippen molar-refractivity contribution in [3.8, 4) is 11.5 Å². The molecule has 4 aromatic heterocycles. The van der Waals surface area contributed by atoms with E-state index in [-0.39, 0.29) is 46.7 Å². The first-order chi connectivity index (χ1) is 20.2. The van der Waals surface area contributed by atoms with E-state index in [2.05, 4.69) is 39.4 Å². The number of pyridine rings is 2. The SMILES string of the molecule is C.CC(C)C(=O)Cl.COC(=O)c1c(O)c2nccnc2[nH]c1=O.COC(=O)c1c(OC(=O)C(C)C)c2nccnc2[nH]c1=O. The maximum Gasteiger partial charge on any atom is 0.347 e. The summed E-state index contributed by atoms with van der Waals surface area (Å²) in [6.45, 7) is 6.77. The molecule has 0 atom stereocenters. The van der Waals surface area contributed by atoms with Crippen LogP contribution in [-0.2, 0) is 19.1 Å². The van der Waals surface area contributed by atoms with Crippen molar-refractivity contribution in [2.45, 2.75) is 35.1 Å². The first-order valence-electron chi connectivity index (χ1n) is 12.3. The fourth-order valence-electron chi connectivity index (χ4n) is 2.88. The standard InChI is InChI=1S/C13H13N3O5.C9H7N3O4.C4H7ClO.CH4/c1-6(2)12(18)21-9-7(13(19)20-3)11(17)16-10-8(9)14-4-5-15-10;1-16-9(15)4-6(13)5-7(12-8(4)14)11-3-2-10-5;1-3(2)4(5)6;/h4-6H,1-3H3,(H,15,16,17);2-3H,1H3,(H2,11,12,13,14);3H,1-2H3;1H4. The molecule has 17 heteroatoms. The topological polar surface area (TPSA) is 233 Å². The molecule has 0 saturated heterocycles. The summed E-state index contributed by atoms with van der Waals surface area (Å²) in [5.74, 6) is -3.68. The van der Waals surface area contributed by atoms with Crippen LogP contribution in [0, 0.1) is 11.8 Å². The molecule has 0 saturated carbocycles. The molecule has 0 radical (unpaired) electrons. The van der Waals surface area contributed by atoms with Crippen LogP contribution in [0.4, 0.5) is 0 Å². The number of halogens is 1. The zero-order chi connectivity index (χ0) is 32.4. The van der Waals surface area contributed by atoms with Gasteiger partial charge in [-0.25, -0.2) is 29.5 Å². The number of ether oxygens (including phenoxy) is 3. The zero-order valence-corrected chi connectivity index (χ0v) is 24.5. The smallest absolute Gasteiger partial charge is 0.347 e. The monoisotopic (exact) mass is 634 g/mol. The Morgan fingerprint density at radius 3 is 1.61 bits per heavy atom. The van der Waals surface area contributed by atoms with Crippen LogP contribution in [0.15, 0.2) is 34.4 Å². The normalized spacial score (nSPS) is 10.1. The van der Waals surface area contributed by atoms with Crippen molar-refractivity contribution >= 4 is 57.1 Å². The highest BCUT2D eigenvalue weighted by Crippen LogP contribution is 2.25. The number of hydrogen-bond acceptors (Lipinski definition) is 14. The molecule has 0 aliphatic heterocycles. The second kappa shape index (κ2) is 16.4. The van der Waals surface area contributed by atoms with Crippen molar-refractivity contribution in [2.75, 3.05) is 14.2 Å². The third kappa shape index (κ3) is 8.87. The van der Waals surface area contributed by atoms with E-state index in [0.717, 1.165) is 14.2 Å². The predicted octanol–water partition coefficient (Wildman–Crippen LogP) is 2.52. The number of nitrogens with one attached hydrogen (secondary N) is 2. The van der Waals surface area contributed by atoms with E-state index in [0.29, 0.717) is 0 Å². The van der Waals surface area contributed by atoms with Gasteiger partial charge in [-0.3, -0.25) is 19.2 Å². The van der Waals surface area contributed by atoms with E-state index in [1.807, 2.05) is 0 Å². The fourth-order valence-corrected chi connectivity index (χ4v) is 2.88. The molecule has 16 nitrogen and oxygen atoms in total. The third-order valence-corrected chi connectivity index (χ3v) is 5.56. The number of methoxy groups -OCH3 is 2. The number of hydrogen-bond donors (Lipinski definition) is 3. The molecule has 0 aliphatic rings. The van der Waals surface area contributed by atoms with Gasteiger partial charge >= 0.3 is 17.9 Å². The van der Waals surface area contributed by atoms with Gasteiger partial charge in [-0.1, -0.05) is 35.1 Å². The molecular formula is C27H31ClN6O10. The van der Waals surface area contributed by atoms with Crippen molar-refractivity contribution in [3.05, 3.63) is 56.6 Å². The lowest BCUT2D eigenvalue weighted by molar-refractivity contribution is -0.137. The molecule has 4 heterocycles. The molecule has 0 bridgehead atoms. The summed E-state index contributed by atoms with van der Waals surface area (Å²) in [4.78, 5) is 88.4. The number of rotatable bonds is 5. The quantitative estimate of drug-likeness (QED) is 0.211. The summed E-state index contributed by atoms with van der Waals surface area (Å²) in [6, 6.07) is 0. The van der Waals surface area contributed by atoms with Crippen LogP contribution >= 0.6 is 11.6 Å². The zero-order valence-electron chi connectivity index (χ0n) is 23.8. The number of nitrogens with zero attached hydrogens (tertiary/aromatic N) is 4. The van der Waals surface area contributed by atoms with Crippen LogP contribution < -0.4 is 15.9 Å². The lowest BCUT2D eigenvalue weighted by Crippen LogP contribution is -2.24. The fraction of sp³-hybridized carbons (Fsp3) is 0.333. The Kier molecular flexibility index (Phi) is 13.7. The number of aromatic nitrogens is 6. The molecular weight excluding hydrogens is 604 g/mol. The molecule has 44 heavy (non-hydrogen) atoms. The molecule has 0 fully saturated rings. The predicted molar refractivity (Wildman–Crippen MR) is 158 cm³/mol. The molecule has 0 aromatic carbocycles. The van der Waals surface area contributed by atoms with Gasteiger partial charge in [-0.2, -0.15) is 0 Å². The van der Waals surface area contributed by atoms with E-state index in [1.54, 1.807) is 27.7 Å². The van der Waals surface area contributed by atoms with E-state index in [4.69, 9.17) is 16.3 Å². The number of aromatic hydroxyl groups is 1. The maximum absolute atomic E-state index is 12.0. The number of carbonyl (C=O) groups is 4. The molecule has 4 aromatic rings. The Labute approximate surface area is 254 Å². The Bertz CT molecular complexity index is 1790. The van der Waals surface area contributed by atoms with E-state index in [1.165, 1.54) is 24.8 Å². The lowest BCUT2D eigenvalue weighted by Gasteiger charge is -2.11. The maximum atomic E-state index is 12.0. The van der Waals surface area contributed by atoms with E-state index >= 15 is 0 Å². The van der Waals surface area contributed by atoms with Gasteiger partial charge in [-0.15, -0.1) is 0 Å². The first kappa shape index (κ1) is 36.8. The molecule has 0 amide bonds. The van der Waals surface area contributed by atoms with E-state index < -0.39 is 51.8 Å². The molecule has 0 spiro atoms. The van der Waals surface area contributed by atoms with Gasteiger partial charge in [0.15, 0.2) is 33.9 Å². The van der Waals surface area contributed by atoms with E-state index in [9.17, 15) is 33.9 Å². The Hall–Kier alpha value is -5.25. The minimum atomic E-state index is -0.925. The highest BCUT2D eigenvalue weighted by Gasteiger charge is 2.26. The van der Waals surface area contributed by atoms with Crippen molar-refractivity contribution in [1.29, 1.82) is 0 Å². The highest BCUT2D eigenvalue weighted by molar-refractivity contribution is 6.63. The Balaban J connectivity index is 0.000000373. The highest BCUT2D eigenvalue weighted by atomic mass is 35.5. The van der Waals surface area contributed by atoms with Crippen molar-refractivity contribution < 1.29 is 38.5 Å². The summed E-state index contributed by atoms with van der Waals surface area (Å²) in [5, 5.41) is 9.44. The molecule has 4 rings (SSSR count). The summed E-state index contributed by atoms with van der Waals surface area (Å²) in [5.41, 5.74) is -2.05. The second-order valence-electron chi connectivity index (χ2n) is 8.86. The Morgan fingerprint density at radius 1 is 0.750 bits per heavy atom.